The number of hydrogen-bond acceptors (Lipinski definition) is 8. The Morgan fingerprint density at radius 2 is 1.65 bits per heavy atom. The monoisotopic (exact) mass is 426 g/mol. The number of nitrogens with zero attached hydrogens (tertiary/aromatic N) is 3. The van der Waals surface area contributed by atoms with Crippen molar-refractivity contribution in [1.82, 2.24) is 9.97 Å². The first-order valence-corrected chi connectivity index (χ1v) is 9.11. The minimum atomic E-state index is -1.05. The van der Waals surface area contributed by atoms with Crippen LogP contribution in [0.3, 0.4) is 0 Å². The number of nitrogens with one attached hydrogen (secondary N) is 1. The van der Waals surface area contributed by atoms with E-state index in [9.17, 15) is 29.8 Å². The van der Waals surface area contributed by atoms with Gasteiger partial charge in [0.25, 0.3) is 16.9 Å². The lowest BCUT2D eigenvalue weighted by atomic mass is 9.88. The number of aromatic amines is 1. The third-order valence-electron chi connectivity index (χ3n) is 4.45. The number of aromatic nitrogens is 2. The van der Waals surface area contributed by atoms with Crippen LogP contribution < -0.4 is 5.56 Å². The van der Waals surface area contributed by atoms with Gasteiger partial charge in [-0.2, -0.15) is 0 Å². The molecule has 1 N–H and O–H groups in total. The number of benzene rings is 2. The Morgan fingerprint density at radius 3 is 2.19 bits per heavy atom. The standard InChI is InChI=1S/C20H18N4O7/c1-20(2,3)16(17-21-15-7-5-4-6-14(15)18(25)22-17)31-19(26)11-8-12(23(27)28)10-13(9-11)24(29)30/h4-10,16H,1-3H3,(H,21,22,25)/t16-/m1/s1. The molecule has 31 heavy (non-hydrogen) atoms. The van der Waals surface area contributed by atoms with Crippen LogP contribution in [0.25, 0.3) is 10.9 Å². The average molecular weight is 426 g/mol. The molecule has 0 unspecified atom stereocenters. The molecule has 0 saturated heterocycles. The minimum Gasteiger partial charge on any atom is -0.450 e. The smallest absolute Gasteiger partial charge is 0.339 e. The highest BCUT2D eigenvalue weighted by Gasteiger charge is 2.34. The van der Waals surface area contributed by atoms with E-state index in [-0.39, 0.29) is 11.4 Å². The van der Waals surface area contributed by atoms with Gasteiger partial charge < -0.3 is 9.72 Å². The lowest BCUT2D eigenvalue weighted by molar-refractivity contribution is -0.394. The number of carbonyl (C=O) groups excluding carboxylic acids is 1. The molecule has 0 spiro atoms. The molecule has 0 radical (unpaired) electrons. The highest BCUT2D eigenvalue weighted by Crippen LogP contribution is 2.35. The van der Waals surface area contributed by atoms with Crippen LogP contribution in [-0.2, 0) is 4.74 Å². The predicted octanol–water partition coefficient (Wildman–Crippen LogP) is 3.68. The minimum absolute atomic E-state index is 0.0875. The zero-order valence-electron chi connectivity index (χ0n) is 16.8. The molecule has 0 bridgehead atoms. The fourth-order valence-corrected chi connectivity index (χ4v) is 2.97. The number of para-hydroxylation sites is 1. The molecule has 11 nitrogen and oxygen atoms in total. The van der Waals surface area contributed by atoms with Crippen molar-refractivity contribution in [3.63, 3.8) is 0 Å². The molecule has 2 aromatic carbocycles. The van der Waals surface area contributed by atoms with E-state index >= 15 is 0 Å². The number of nitro groups is 2. The van der Waals surface area contributed by atoms with Crippen LogP contribution >= 0.6 is 0 Å². The number of rotatable bonds is 5. The Hall–Kier alpha value is -4.15. The van der Waals surface area contributed by atoms with Gasteiger partial charge in [0, 0.05) is 17.5 Å². The molecule has 0 saturated carbocycles. The van der Waals surface area contributed by atoms with E-state index < -0.39 is 44.3 Å². The summed E-state index contributed by atoms with van der Waals surface area (Å²) in [4.78, 5) is 52.7. The second-order valence-corrected chi connectivity index (χ2v) is 7.87. The van der Waals surface area contributed by atoms with Crippen molar-refractivity contribution in [3.05, 3.63) is 84.4 Å². The molecular formula is C20H18N4O7. The van der Waals surface area contributed by atoms with Crippen molar-refractivity contribution >= 4 is 28.2 Å². The van der Waals surface area contributed by atoms with Crippen LogP contribution in [0.5, 0.6) is 0 Å². The fourth-order valence-electron chi connectivity index (χ4n) is 2.97. The van der Waals surface area contributed by atoms with E-state index in [1.165, 1.54) is 0 Å². The molecule has 0 amide bonds. The molecule has 0 fully saturated rings. The molecule has 160 valence electrons. The molecule has 1 aromatic heterocycles. The summed E-state index contributed by atoms with van der Waals surface area (Å²) >= 11 is 0. The Kier molecular flexibility index (Phi) is 5.52. The summed E-state index contributed by atoms with van der Waals surface area (Å²) in [6, 6.07) is 9.18. The van der Waals surface area contributed by atoms with Gasteiger partial charge in [-0.05, 0) is 12.1 Å². The van der Waals surface area contributed by atoms with Gasteiger partial charge in [0.15, 0.2) is 11.9 Å². The second-order valence-electron chi connectivity index (χ2n) is 7.87. The van der Waals surface area contributed by atoms with Crippen LogP contribution in [0.2, 0.25) is 0 Å². The van der Waals surface area contributed by atoms with Gasteiger partial charge in [0.2, 0.25) is 0 Å². The van der Waals surface area contributed by atoms with Gasteiger partial charge >= 0.3 is 5.97 Å². The van der Waals surface area contributed by atoms with E-state index in [2.05, 4.69) is 9.97 Å². The largest absolute Gasteiger partial charge is 0.450 e. The topological polar surface area (TPSA) is 158 Å². The Morgan fingerprint density at radius 1 is 1.06 bits per heavy atom. The van der Waals surface area contributed by atoms with Gasteiger partial charge in [-0.3, -0.25) is 25.0 Å². The van der Waals surface area contributed by atoms with Gasteiger partial charge in [-0.25, -0.2) is 9.78 Å². The highest BCUT2D eigenvalue weighted by atomic mass is 16.6. The number of esters is 1. The molecule has 0 aliphatic carbocycles. The first-order chi connectivity index (χ1) is 14.5. The molecule has 0 aliphatic heterocycles. The Labute approximate surface area is 175 Å². The van der Waals surface area contributed by atoms with Gasteiger partial charge in [-0.1, -0.05) is 32.9 Å². The van der Waals surface area contributed by atoms with Crippen LogP contribution in [0.15, 0.2) is 47.3 Å². The summed E-state index contributed by atoms with van der Waals surface area (Å²) in [5.41, 5.74) is -2.36. The fraction of sp³-hybridized carbons (Fsp3) is 0.250. The van der Waals surface area contributed by atoms with Crippen molar-refractivity contribution in [1.29, 1.82) is 0 Å². The summed E-state index contributed by atoms with van der Waals surface area (Å²) in [6.07, 6.45) is -1.05. The first kappa shape index (κ1) is 21.6. The summed E-state index contributed by atoms with van der Waals surface area (Å²) in [5.74, 6) is -0.938. The lowest BCUT2D eigenvalue weighted by Crippen LogP contribution is -2.28. The zero-order valence-corrected chi connectivity index (χ0v) is 16.8. The predicted molar refractivity (Wildman–Crippen MR) is 110 cm³/mol. The third kappa shape index (κ3) is 4.55. The Bertz CT molecular complexity index is 1230. The summed E-state index contributed by atoms with van der Waals surface area (Å²) in [6.45, 7) is 5.24. The van der Waals surface area contributed by atoms with Crippen LogP contribution in [-0.4, -0.2) is 25.8 Å². The number of non-ortho nitro benzene ring substituents is 2. The van der Waals surface area contributed by atoms with E-state index in [1.54, 1.807) is 45.0 Å². The number of carbonyl (C=O) groups is 1. The van der Waals surface area contributed by atoms with Gasteiger partial charge in [0.1, 0.15) is 0 Å². The first-order valence-electron chi connectivity index (χ1n) is 9.11. The number of nitro benzene ring substituents is 2. The van der Waals surface area contributed by atoms with Crippen molar-refractivity contribution in [2.75, 3.05) is 0 Å². The van der Waals surface area contributed by atoms with Crippen LogP contribution in [0, 0.1) is 25.6 Å². The maximum atomic E-state index is 12.8. The quantitative estimate of drug-likeness (QED) is 0.367. The molecule has 0 aliphatic rings. The summed E-state index contributed by atoms with van der Waals surface area (Å²) in [5, 5.41) is 22.6. The van der Waals surface area contributed by atoms with Gasteiger partial charge in [-0.15, -0.1) is 0 Å². The second kappa shape index (κ2) is 7.94. The Balaban J connectivity index is 2.05. The molecule has 1 atom stereocenters. The van der Waals surface area contributed by atoms with Crippen molar-refractivity contribution in [2.24, 2.45) is 5.41 Å². The van der Waals surface area contributed by atoms with E-state index in [4.69, 9.17) is 4.74 Å². The SMILES string of the molecule is CC(C)(C)[C@H](OC(=O)c1cc([N+](=O)[O-])cc([N+](=O)[O-])c1)c1nc2ccccc2c(=O)[nH]1. The molecule has 3 aromatic rings. The number of H-pyrrole nitrogens is 1. The normalized spacial score (nSPS) is 12.4. The molecule has 1 heterocycles. The van der Waals surface area contributed by atoms with Crippen LogP contribution in [0.1, 0.15) is 43.1 Å². The maximum Gasteiger partial charge on any atom is 0.339 e. The average Bonchev–Trinajstić information content (AvgIpc) is 2.70. The lowest BCUT2D eigenvalue weighted by Gasteiger charge is -2.29. The summed E-state index contributed by atoms with van der Waals surface area (Å²) < 4.78 is 5.54. The summed E-state index contributed by atoms with van der Waals surface area (Å²) in [7, 11) is 0. The third-order valence-corrected chi connectivity index (χ3v) is 4.45. The van der Waals surface area contributed by atoms with Crippen molar-refractivity contribution in [2.45, 2.75) is 26.9 Å². The molecule has 11 heteroatoms. The van der Waals surface area contributed by atoms with E-state index in [1.807, 2.05) is 0 Å². The van der Waals surface area contributed by atoms with Gasteiger partial charge in [0.05, 0.1) is 32.4 Å². The number of ether oxygens (including phenoxy) is 1. The number of fused-ring (bicyclic) bond motifs is 1. The van der Waals surface area contributed by atoms with Crippen molar-refractivity contribution < 1.29 is 19.4 Å². The van der Waals surface area contributed by atoms with E-state index in [0.29, 0.717) is 10.9 Å². The highest BCUT2D eigenvalue weighted by molar-refractivity contribution is 5.91. The zero-order chi connectivity index (χ0) is 22.9. The van der Waals surface area contributed by atoms with Crippen LogP contribution in [0.4, 0.5) is 11.4 Å². The van der Waals surface area contributed by atoms with E-state index in [0.717, 1.165) is 18.2 Å². The maximum absolute atomic E-state index is 12.8. The molecular weight excluding hydrogens is 408 g/mol. The molecule has 3 rings (SSSR count). The van der Waals surface area contributed by atoms with Crippen molar-refractivity contribution in [3.8, 4) is 0 Å². The number of hydrogen-bond donors (Lipinski definition) is 1.